The number of nitrogens with two attached hydrogens (primary N) is 1. The maximum atomic E-state index is 13.3. The molecule has 1 amide bonds. The Morgan fingerprint density at radius 1 is 1.26 bits per heavy atom. The molecule has 11 heteroatoms. The van der Waals surface area contributed by atoms with Crippen molar-refractivity contribution in [2.45, 2.75) is 25.3 Å². The zero-order chi connectivity index (χ0) is 23.9. The van der Waals surface area contributed by atoms with Gasteiger partial charge in [0.05, 0.1) is 48.3 Å². The van der Waals surface area contributed by atoms with Crippen molar-refractivity contribution in [1.82, 2.24) is 24.5 Å². The van der Waals surface area contributed by atoms with E-state index in [1.54, 1.807) is 38.6 Å². The molecule has 0 aliphatic carbocycles. The van der Waals surface area contributed by atoms with Crippen LogP contribution in [0.25, 0.3) is 5.65 Å². The predicted octanol–water partition coefficient (Wildman–Crippen LogP) is 1.28. The molecule has 34 heavy (non-hydrogen) atoms. The Kier molecular flexibility index (Phi) is 5.55. The minimum atomic E-state index is -0.745. The number of fused-ring (bicyclic) bond motifs is 1. The monoisotopic (exact) mass is 461 g/mol. The van der Waals surface area contributed by atoms with Gasteiger partial charge >= 0.3 is 0 Å². The molecular weight excluding hydrogens is 434 g/mol. The zero-order valence-electron chi connectivity index (χ0n) is 19.2. The number of ether oxygens (including phenoxy) is 1. The molecular formula is C23H27N9O2. The van der Waals surface area contributed by atoms with Crippen molar-refractivity contribution in [3.05, 3.63) is 42.0 Å². The molecule has 0 saturated carbocycles. The molecule has 2 saturated heterocycles. The van der Waals surface area contributed by atoms with Gasteiger partial charge in [0.1, 0.15) is 5.56 Å². The van der Waals surface area contributed by atoms with Gasteiger partial charge in [-0.25, -0.2) is 9.50 Å². The van der Waals surface area contributed by atoms with Crippen LogP contribution in [0, 0.1) is 11.3 Å². The molecule has 5 rings (SSSR count). The van der Waals surface area contributed by atoms with Crippen molar-refractivity contribution in [2.24, 2.45) is 0 Å². The number of piperazine rings is 1. The van der Waals surface area contributed by atoms with Crippen molar-refractivity contribution in [3.8, 4) is 6.07 Å². The first kappa shape index (κ1) is 22.1. The van der Waals surface area contributed by atoms with E-state index in [9.17, 15) is 10.1 Å². The van der Waals surface area contributed by atoms with Gasteiger partial charge in [-0.15, -0.1) is 5.10 Å². The summed E-state index contributed by atoms with van der Waals surface area (Å²) in [7, 11) is 0. The molecule has 0 aromatic carbocycles. The molecule has 0 radical (unpaired) electrons. The average Bonchev–Trinajstić information content (AvgIpc) is 3.14. The molecule has 2 fully saturated rings. The molecule has 11 nitrogen and oxygen atoms in total. The van der Waals surface area contributed by atoms with Gasteiger partial charge in [0.15, 0.2) is 11.5 Å². The number of anilines is 3. The lowest BCUT2D eigenvalue weighted by atomic mass is 9.89. The van der Waals surface area contributed by atoms with Crippen LogP contribution in [0.2, 0.25) is 0 Å². The zero-order valence-corrected chi connectivity index (χ0v) is 19.2. The van der Waals surface area contributed by atoms with E-state index in [0.717, 1.165) is 45.1 Å². The number of nitrogens with zero attached hydrogens (tertiary/aromatic N) is 7. The first-order valence-corrected chi connectivity index (χ1v) is 11.2. The highest BCUT2D eigenvalue weighted by Gasteiger charge is 2.30. The number of nitriles is 1. The number of nitrogen functional groups attached to an aromatic ring is 1. The minimum Gasteiger partial charge on any atom is -0.381 e. The van der Waals surface area contributed by atoms with E-state index < -0.39 is 11.3 Å². The Labute approximate surface area is 197 Å². The van der Waals surface area contributed by atoms with Crippen molar-refractivity contribution in [3.63, 3.8) is 0 Å². The molecule has 5 heterocycles. The molecule has 0 bridgehead atoms. The maximum Gasteiger partial charge on any atom is 0.263 e. The minimum absolute atomic E-state index is 0.0682. The maximum absolute atomic E-state index is 13.3. The average molecular weight is 462 g/mol. The first-order chi connectivity index (χ1) is 16.4. The number of hydrogen-bond donors (Lipinski definition) is 2. The normalized spacial score (nSPS) is 17.4. The Hall–Kier alpha value is -3.75. The van der Waals surface area contributed by atoms with Crippen LogP contribution in [-0.4, -0.2) is 75.8 Å². The van der Waals surface area contributed by atoms with Crippen molar-refractivity contribution >= 4 is 28.7 Å². The second-order valence-corrected chi connectivity index (χ2v) is 9.17. The van der Waals surface area contributed by atoms with E-state index in [1.807, 2.05) is 6.07 Å². The molecule has 3 aromatic heterocycles. The summed E-state index contributed by atoms with van der Waals surface area (Å²) in [5.74, 6) is -0.342. The fraction of sp³-hybridized carbons (Fsp3) is 0.435. The summed E-state index contributed by atoms with van der Waals surface area (Å²) in [5, 5.41) is 16.6. The van der Waals surface area contributed by atoms with Crippen LogP contribution in [0.1, 0.15) is 29.8 Å². The third kappa shape index (κ3) is 3.91. The summed E-state index contributed by atoms with van der Waals surface area (Å²) in [6.45, 7) is 8.77. The Bertz CT molecular complexity index is 1270. The van der Waals surface area contributed by atoms with E-state index in [2.05, 4.69) is 36.3 Å². The highest BCUT2D eigenvalue weighted by molar-refractivity contribution is 6.12. The number of nitrogens with one attached hydrogen (secondary N) is 1. The van der Waals surface area contributed by atoms with Gasteiger partial charge in [-0.1, -0.05) is 0 Å². The van der Waals surface area contributed by atoms with Crippen LogP contribution in [-0.2, 0) is 10.2 Å². The second-order valence-electron chi connectivity index (χ2n) is 9.17. The molecule has 2 aliphatic rings. The Morgan fingerprint density at radius 2 is 2.03 bits per heavy atom. The van der Waals surface area contributed by atoms with Gasteiger partial charge in [0.2, 0.25) is 0 Å². The molecule has 0 atom stereocenters. The lowest BCUT2D eigenvalue weighted by molar-refractivity contribution is -0.0660. The quantitative estimate of drug-likeness (QED) is 0.575. The molecule has 176 valence electrons. The molecule has 0 spiro atoms. The smallest absolute Gasteiger partial charge is 0.263 e. The van der Waals surface area contributed by atoms with Gasteiger partial charge in [-0.3, -0.25) is 14.7 Å². The van der Waals surface area contributed by atoms with E-state index in [-0.39, 0.29) is 11.4 Å². The summed E-state index contributed by atoms with van der Waals surface area (Å²) >= 11 is 0. The van der Waals surface area contributed by atoms with E-state index in [1.165, 1.54) is 4.52 Å². The van der Waals surface area contributed by atoms with Crippen LogP contribution in [0.15, 0.2) is 30.9 Å². The molecule has 2 aliphatic heterocycles. The highest BCUT2D eigenvalue weighted by Crippen LogP contribution is 2.29. The van der Waals surface area contributed by atoms with Crippen LogP contribution in [0.4, 0.5) is 17.2 Å². The third-order valence-corrected chi connectivity index (χ3v) is 6.57. The second kappa shape index (κ2) is 8.55. The third-order valence-electron chi connectivity index (χ3n) is 6.57. The van der Waals surface area contributed by atoms with E-state index >= 15 is 0 Å². The lowest BCUT2D eigenvalue weighted by Crippen LogP contribution is -2.56. The topological polar surface area (TPSA) is 138 Å². The summed E-state index contributed by atoms with van der Waals surface area (Å²) in [6.07, 6.45) is 6.63. The van der Waals surface area contributed by atoms with Crippen molar-refractivity contribution in [2.75, 3.05) is 55.3 Å². The fourth-order valence-corrected chi connectivity index (χ4v) is 4.26. The largest absolute Gasteiger partial charge is 0.381 e. The summed E-state index contributed by atoms with van der Waals surface area (Å²) < 4.78 is 6.77. The van der Waals surface area contributed by atoms with Gasteiger partial charge in [-0.05, 0) is 19.9 Å². The summed E-state index contributed by atoms with van der Waals surface area (Å²) in [6, 6.07) is 4.67. The number of hydrogen-bond acceptors (Lipinski definition) is 9. The number of carbonyl (C=O) groups excluding carboxylic acids is 1. The molecule has 0 unspecified atom stereocenters. The van der Waals surface area contributed by atoms with E-state index in [4.69, 9.17) is 10.5 Å². The predicted molar refractivity (Wildman–Crippen MR) is 127 cm³/mol. The Balaban J connectivity index is 1.37. The van der Waals surface area contributed by atoms with Crippen LogP contribution < -0.4 is 16.0 Å². The summed E-state index contributed by atoms with van der Waals surface area (Å²) in [5.41, 5.74) is 8.07. The highest BCUT2D eigenvalue weighted by atomic mass is 16.5. The van der Waals surface area contributed by atoms with Crippen molar-refractivity contribution in [1.29, 1.82) is 5.26 Å². The lowest BCUT2D eigenvalue weighted by Gasteiger charge is -2.43. The van der Waals surface area contributed by atoms with Gasteiger partial charge in [-0.2, -0.15) is 5.26 Å². The number of aromatic nitrogens is 4. The summed E-state index contributed by atoms with van der Waals surface area (Å²) in [4.78, 5) is 26.6. The van der Waals surface area contributed by atoms with Crippen LogP contribution in [0.3, 0.4) is 0 Å². The van der Waals surface area contributed by atoms with Gasteiger partial charge < -0.3 is 20.7 Å². The molecule has 3 aromatic rings. The first-order valence-electron chi connectivity index (χ1n) is 11.2. The number of rotatable bonds is 5. The standard InChI is InChI=1S/C23H27N9O2/c1-23(2,14-24)15-9-27-21-19(20(25)29-32(21)11-15)22(33)28-17-10-26-4-3-18(17)31-7-5-30(6-8-31)16-12-34-13-16/h3-4,9-11,16H,5-8,12-13H2,1-2H3,(H2,25,29)(H,28,33). The van der Waals surface area contributed by atoms with Gasteiger partial charge in [0.25, 0.3) is 5.91 Å². The van der Waals surface area contributed by atoms with E-state index in [0.29, 0.717) is 22.9 Å². The SMILES string of the molecule is CC(C)(C#N)c1cnc2c(C(=O)Nc3cnccc3N3CCN(C4COC4)CC3)c(N)nn2c1. The van der Waals surface area contributed by atoms with Crippen LogP contribution >= 0.6 is 0 Å². The number of amides is 1. The van der Waals surface area contributed by atoms with Crippen LogP contribution in [0.5, 0.6) is 0 Å². The van der Waals surface area contributed by atoms with Gasteiger partial charge in [0, 0.05) is 50.3 Å². The number of carbonyl (C=O) groups is 1. The fourth-order valence-electron chi connectivity index (χ4n) is 4.26. The van der Waals surface area contributed by atoms with Crippen molar-refractivity contribution < 1.29 is 9.53 Å². The number of pyridine rings is 1. The molecule has 3 N–H and O–H groups in total. The Morgan fingerprint density at radius 3 is 2.71 bits per heavy atom.